The zero-order valence-electron chi connectivity index (χ0n) is 18.5. The number of carbonyl (C=O) groups excluding carboxylic acids is 5. The van der Waals surface area contributed by atoms with E-state index in [1.807, 2.05) is 0 Å². The number of nitrogens with one attached hydrogen (secondary N) is 2. The van der Waals surface area contributed by atoms with Gasteiger partial charge in [-0.05, 0) is 31.6 Å². The van der Waals surface area contributed by atoms with E-state index in [0.717, 1.165) is 42.1 Å². The molecule has 1 saturated carbocycles. The number of hydrogen-bond donors (Lipinski definition) is 3. The number of nitrogens with zero attached hydrogens (tertiary/aromatic N) is 3. The van der Waals surface area contributed by atoms with Gasteiger partial charge in [0.25, 0.3) is 0 Å². The van der Waals surface area contributed by atoms with Crippen LogP contribution in [0.1, 0.15) is 64.2 Å². The number of carboxylic acids is 1. The number of aliphatic carboxylic acids is 1. The summed E-state index contributed by atoms with van der Waals surface area (Å²) in [6, 6.07) is -3.07. The lowest BCUT2D eigenvalue weighted by Gasteiger charge is -2.43. The highest BCUT2D eigenvalue weighted by Crippen LogP contribution is 2.27. The first-order valence-electron chi connectivity index (χ1n) is 11.5. The molecule has 5 amide bonds. The van der Waals surface area contributed by atoms with Crippen molar-refractivity contribution in [3.63, 3.8) is 0 Å². The first-order chi connectivity index (χ1) is 15.8. The highest BCUT2D eigenvalue weighted by molar-refractivity contribution is 5.92. The Bertz CT molecular complexity index is 798. The van der Waals surface area contributed by atoms with E-state index in [1.54, 1.807) is 0 Å². The molecule has 2 heterocycles. The van der Waals surface area contributed by atoms with Crippen LogP contribution in [0, 0.1) is 5.92 Å². The Morgan fingerprint density at radius 3 is 2.45 bits per heavy atom. The quantitative estimate of drug-likeness (QED) is 0.432. The van der Waals surface area contributed by atoms with Gasteiger partial charge in [-0.3, -0.25) is 24.6 Å². The predicted molar refractivity (Wildman–Crippen MR) is 113 cm³/mol. The second kappa shape index (κ2) is 11.1. The van der Waals surface area contributed by atoms with Crippen molar-refractivity contribution in [1.29, 1.82) is 0 Å². The van der Waals surface area contributed by atoms with E-state index < -0.39 is 36.4 Å². The molecule has 3 aliphatic rings. The molecule has 0 aromatic rings. The van der Waals surface area contributed by atoms with Gasteiger partial charge in [-0.15, -0.1) is 0 Å². The standard InChI is InChI=1S/C21H31N5O7/c27-13-15(12-19(30)31)22-20(32)16-7-4-9-25-18(29)8-10-24(21(33)26(16)25)23-17(28)11-14-5-2-1-3-6-14/h13-16H,1-12H2,(H,22,32)(H,23,28)(H,30,31)/t15-,16-/m0/s1. The van der Waals surface area contributed by atoms with Crippen LogP contribution < -0.4 is 10.7 Å². The van der Waals surface area contributed by atoms with Crippen molar-refractivity contribution in [2.75, 3.05) is 13.1 Å². The number of fused-ring (bicyclic) bond motifs is 1. The van der Waals surface area contributed by atoms with Crippen molar-refractivity contribution in [3.8, 4) is 0 Å². The molecule has 0 spiro atoms. The van der Waals surface area contributed by atoms with Crippen LogP contribution in [0.3, 0.4) is 0 Å². The van der Waals surface area contributed by atoms with Crippen molar-refractivity contribution in [2.24, 2.45) is 5.92 Å². The molecule has 12 heteroatoms. The van der Waals surface area contributed by atoms with Gasteiger partial charge in [0.05, 0.1) is 19.0 Å². The third kappa shape index (κ3) is 6.20. The largest absolute Gasteiger partial charge is 0.481 e. The van der Waals surface area contributed by atoms with Crippen LogP contribution in [0.4, 0.5) is 4.79 Å². The smallest absolute Gasteiger partial charge is 0.358 e. The summed E-state index contributed by atoms with van der Waals surface area (Å²) in [6.45, 7) is 0.218. The molecule has 0 unspecified atom stereocenters. The molecule has 33 heavy (non-hydrogen) atoms. The summed E-state index contributed by atoms with van der Waals surface area (Å²) in [6.07, 6.45) is 5.94. The molecule has 0 aromatic carbocycles. The number of amides is 5. The van der Waals surface area contributed by atoms with Gasteiger partial charge in [-0.1, -0.05) is 19.3 Å². The van der Waals surface area contributed by atoms with Crippen molar-refractivity contribution >= 4 is 36.0 Å². The van der Waals surface area contributed by atoms with Crippen molar-refractivity contribution in [1.82, 2.24) is 25.8 Å². The van der Waals surface area contributed by atoms with Crippen LogP contribution in [0.15, 0.2) is 0 Å². The van der Waals surface area contributed by atoms with Gasteiger partial charge in [0.15, 0.2) is 0 Å². The minimum absolute atomic E-state index is 0.0176. The molecule has 2 aliphatic heterocycles. The maximum absolute atomic E-state index is 13.3. The van der Waals surface area contributed by atoms with Gasteiger partial charge in [0, 0.05) is 19.4 Å². The zero-order chi connectivity index (χ0) is 24.0. The number of carboxylic acid groups (broad SMARTS) is 1. The van der Waals surface area contributed by atoms with Gasteiger partial charge in [-0.25, -0.2) is 19.8 Å². The molecule has 2 atom stereocenters. The summed E-state index contributed by atoms with van der Waals surface area (Å²) in [5.74, 6) is -2.39. The molecular formula is C21H31N5O7. The number of urea groups is 1. The van der Waals surface area contributed by atoms with Gasteiger partial charge >= 0.3 is 12.0 Å². The Balaban J connectivity index is 1.71. The second-order valence-electron chi connectivity index (χ2n) is 8.80. The van der Waals surface area contributed by atoms with Gasteiger partial charge in [0.1, 0.15) is 12.3 Å². The third-order valence-corrected chi connectivity index (χ3v) is 6.31. The highest BCUT2D eigenvalue weighted by Gasteiger charge is 2.44. The zero-order valence-corrected chi connectivity index (χ0v) is 18.5. The first kappa shape index (κ1) is 24.5. The maximum atomic E-state index is 13.3. The molecule has 12 nitrogen and oxygen atoms in total. The Hall–Kier alpha value is -3.18. The Kier molecular flexibility index (Phi) is 8.23. The van der Waals surface area contributed by atoms with E-state index in [1.165, 1.54) is 5.01 Å². The van der Waals surface area contributed by atoms with E-state index in [-0.39, 0.29) is 43.7 Å². The first-order valence-corrected chi connectivity index (χ1v) is 11.5. The molecule has 0 aromatic heterocycles. The minimum Gasteiger partial charge on any atom is -0.481 e. The van der Waals surface area contributed by atoms with E-state index in [4.69, 9.17) is 5.11 Å². The lowest BCUT2D eigenvalue weighted by Crippen LogP contribution is -2.64. The SMILES string of the molecule is O=C[C@H](CC(=O)O)NC(=O)[C@@H]1CCCN2C(=O)CCN(NC(=O)CC3CCCCC3)C(=O)N12. The molecular weight excluding hydrogens is 434 g/mol. The van der Waals surface area contributed by atoms with E-state index in [0.29, 0.717) is 19.1 Å². The fraction of sp³-hybridized carbons (Fsp3) is 0.714. The number of hydrazine groups is 2. The maximum Gasteiger partial charge on any atom is 0.358 e. The highest BCUT2D eigenvalue weighted by atomic mass is 16.4. The van der Waals surface area contributed by atoms with E-state index in [9.17, 15) is 28.8 Å². The Morgan fingerprint density at radius 2 is 1.79 bits per heavy atom. The lowest BCUT2D eigenvalue weighted by molar-refractivity contribution is -0.155. The molecule has 1 aliphatic carbocycles. The lowest BCUT2D eigenvalue weighted by atomic mass is 9.87. The summed E-state index contributed by atoms with van der Waals surface area (Å²) >= 11 is 0. The third-order valence-electron chi connectivity index (χ3n) is 6.31. The topological polar surface area (TPSA) is 156 Å². The molecule has 182 valence electrons. The number of hydrogen-bond acceptors (Lipinski definition) is 6. The average Bonchev–Trinajstić information content (AvgIpc) is 2.91. The average molecular weight is 466 g/mol. The summed E-state index contributed by atoms with van der Waals surface area (Å²) < 4.78 is 0. The molecule has 3 fully saturated rings. The molecule has 3 N–H and O–H groups in total. The van der Waals surface area contributed by atoms with Gasteiger partial charge in [-0.2, -0.15) is 0 Å². The fourth-order valence-electron chi connectivity index (χ4n) is 4.67. The molecule has 0 bridgehead atoms. The van der Waals surface area contributed by atoms with Crippen LogP contribution in [0.2, 0.25) is 0 Å². The summed E-state index contributed by atoms with van der Waals surface area (Å²) in [5, 5.41) is 14.5. The van der Waals surface area contributed by atoms with Crippen LogP contribution in [-0.4, -0.2) is 81.3 Å². The number of rotatable bonds is 8. The van der Waals surface area contributed by atoms with Crippen LogP contribution in [-0.2, 0) is 24.0 Å². The van der Waals surface area contributed by atoms with Gasteiger partial charge in [0.2, 0.25) is 17.7 Å². The number of carbonyl (C=O) groups is 6. The van der Waals surface area contributed by atoms with Crippen LogP contribution >= 0.6 is 0 Å². The van der Waals surface area contributed by atoms with Crippen LogP contribution in [0.5, 0.6) is 0 Å². The summed E-state index contributed by atoms with van der Waals surface area (Å²) in [7, 11) is 0. The number of aldehydes is 1. The monoisotopic (exact) mass is 465 g/mol. The summed E-state index contributed by atoms with van der Waals surface area (Å²) in [4.78, 5) is 73.5. The van der Waals surface area contributed by atoms with E-state index in [2.05, 4.69) is 10.7 Å². The Morgan fingerprint density at radius 1 is 1.06 bits per heavy atom. The Labute approximate surface area is 191 Å². The normalized spacial score (nSPS) is 22.8. The minimum atomic E-state index is -1.26. The molecule has 3 rings (SSSR count). The van der Waals surface area contributed by atoms with Crippen molar-refractivity contribution in [2.45, 2.75) is 76.3 Å². The summed E-state index contributed by atoms with van der Waals surface area (Å²) in [5.41, 5.74) is 2.61. The van der Waals surface area contributed by atoms with E-state index >= 15 is 0 Å². The molecule has 2 saturated heterocycles. The van der Waals surface area contributed by atoms with Crippen LogP contribution in [0.25, 0.3) is 0 Å². The van der Waals surface area contributed by atoms with Gasteiger partial charge < -0.3 is 15.2 Å². The fourth-order valence-corrected chi connectivity index (χ4v) is 4.67. The van der Waals surface area contributed by atoms with Crippen molar-refractivity contribution in [3.05, 3.63) is 0 Å². The second-order valence-corrected chi connectivity index (χ2v) is 8.80. The predicted octanol–water partition coefficient (Wildman–Crippen LogP) is 0.180. The van der Waals surface area contributed by atoms with Crippen molar-refractivity contribution < 1.29 is 33.9 Å². The molecule has 0 radical (unpaired) electrons.